The van der Waals surface area contributed by atoms with Gasteiger partial charge in [-0.15, -0.1) is 0 Å². The zero-order chi connectivity index (χ0) is 12.3. The molecule has 3 nitrogen and oxygen atoms in total. The number of ether oxygens (including phenoxy) is 2. The summed E-state index contributed by atoms with van der Waals surface area (Å²) in [5.41, 5.74) is 0.970. The van der Waals surface area contributed by atoms with Gasteiger partial charge in [0.15, 0.2) is 0 Å². The van der Waals surface area contributed by atoms with Crippen molar-refractivity contribution in [3.63, 3.8) is 0 Å². The Balaban J connectivity index is 2.14. The zero-order valence-corrected chi connectivity index (χ0v) is 10.3. The van der Waals surface area contributed by atoms with Gasteiger partial charge in [0.1, 0.15) is 5.75 Å². The molecule has 0 N–H and O–H groups in total. The van der Waals surface area contributed by atoms with Gasteiger partial charge in [-0.2, -0.15) is 0 Å². The molecule has 0 saturated heterocycles. The Kier molecular flexibility index (Phi) is 3.67. The van der Waals surface area contributed by atoms with Gasteiger partial charge in [-0.1, -0.05) is 19.1 Å². The summed E-state index contributed by atoms with van der Waals surface area (Å²) in [6.07, 6.45) is 3.39. The minimum atomic E-state index is -0.192. The van der Waals surface area contributed by atoms with E-state index in [2.05, 4.69) is 0 Å². The SMILES string of the molecule is CCC(C(=O)OC)c1cccc(OC2CC2)c1. The van der Waals surface area contributed by atoms with Crippen molar-refractivity contribution >= 4 is 5.97 Å². The molecule has 92 valence electrons. The molecule has 1 atom stereocenters. The van der Waals surface area contributed by atoms with Gasteiger partial charge >= 0.3 is 5.97 Å². The van der Waals surface area contributed by atoms with Gasteiger partial charge < -0.3 is 9.47 Å². The van der Waals surface area contributed by atoms with Crippen molar-refractivity contribution in [3.05, 3.63) is 29.8 Å². The second-order valence-corrected chi connectivity index (χ2v) is 4.37. The first-order chi connectivity index (χ1) is 8.24. The van der Waals surface area contributed by atoms with Crippen LogP contribution in [0.15, 0.2) is 24.3 Å². The number of rotatable bonds is 5. The van der Waals surface area contributed by atoms with Crippen molar-refractivity contribution in [2.24, 2.45) is 0 Å². The van der Waals surface area contributed by atoms with Crippen molar-refractivity contribution in [1.82, 2.24) is 0 Å². The molecule has 1 aliphatic carbocycles. The van der Waals surface area contributed by atoms with E-state index >= 15 is 0 Å². The lowest BCUT2D eigenvalue weighted by atomic mass is 9.96. The molecule has 1 unspecified atom stereocenters. The molecule has 0 radical (unpaired) electrons. The molecular weight excluding hydrogens is 216 g/mol. The number of benzene rings is 1. The second-order valence-electron chi connectivity index (χ2n) is 4.37. The molecule has 17 heavy (non-hydrogen) atoms. The van der Waals surface area contributed by atoms with Crippen LogP contribution >= 0.6 is 0 Å². The second kappa shape index (κ2) is 5.21. The summed E-state index contributed by atoms with van der Waals surface area (Å²) in [5, 5.41) is 0. The van der Waals surface area contributed by atoms with Crippen molar-refractivity contribution in [1.29, 1.82) is 0 Å². The summed E-state index contributed by atoms with van der Waals surface area (Å²) >= 11 is 0. The van der Waals surface area contributed by atoms with Crippen LogP contribution in [0.5, 0.6) is 5.75 Å². The summed E-state index contributed by atoms with van der Waals surface area (Å²) in [5.74, 6) is 0.478. The molecule has 0 heterocycles. The van der Waals surface area contributed by atoms with Crippen LogP contribution in [0.1, 0.15) is 37.7 Å². The predicted octanol–water partition coefficient (Wildman–Crippen LogP) is 2.89. The van der Waals surface area contributed by atoms with Gasteiger partial charge in [-0.05, 0) is 37.0 Å². The first-order valence-corrected chi connectivity index (χ1v) is 6.09. The molecule has 1 saturated carbocycles. The Morgan fingerprint density at radius 2 is 2.24 bits per heavy atom. The molecule has 3 heteroatoms. The molecule has 1 aromatic carbocycles. The van der Waals surface area contributed by atoms with Crippen molar-refractivity contribution in [2.45, 2.75) is 38.2 Å². The van der Waals surface area contributed by atoms with E-state index in [9.17, 15) is 4.79 Å². The first-order valence-electron chi connectivity index (χ1n) is 6.09. The van der Waals surface area contributed by atoms with Crippen LogP contribution in [0.25, 0.3) is 0 Å². The number of carbonyl (C=O) groups excluding carboxylic acids is 1. The number of hydrogen-bond acceptors (Lipinski definition) is 3. The van der Waals surface area contributed by atoms with Crippen LogP contribution in [0.3, 0.4) is 0 Å². The summed E-state index contributed by atoms with van der Waals surface area (Å²) in [4.78, 5) is 11.6. The van der Waals surface area contributed by atoms with Gasteiger partial charge in [0.2, 0.25) is 0 Å². The third-order valence-corrected chi connectivity index (χ3v) is 2.98. The van der Waals surface area contributed by atoms with E-state index in [0.29, 0.717) is 6.10 Å². The van der Waals surface area contributed by atoms with E-state index in [1.54, 1.807) is 0 Å². The smallest absolute Gasteiger partial charge is 0.313 e. The van der Waals surface area contributed by atoms with Crippen LogP contribution in [0.2, 0.25) is 0 Å². The van der Waals surface area contributed by atoms with Crippen LogP contribution in [0, 0.1) is 0 Å². The van der Waals surface area contributed by atoms with Crippen LogP contribution < -0.4 is 4.74 Å². The molecule has 0 amide bonds. The molecule has 0 aromatic heterocycles. The molecule has 2 rings (SSSR count). The van der Waals surface area contributed by atoms with Crippen LogP contribution in [-0.4, -0.2) is 19.2 Å². The lowest BCUT2D eigenvalue weighted by Crippen LogP contribution is -2.13. The van der Waals surface area contributed by atoms with Gasteiger partial charge in [0.05, 0.1) is 19.1 Å². The Bertz CT molecular complexity index is 396. The highest BCUT2D eigenvalue weighted by molar-refractivity contribution is 5.78. The van der Waals surface area contributed by atoms with E-state index < -0.39 is 0 Å². The highest BCUT2D eigenvalue weighted by atomic mass is 16.5. The fourth-order valence-electron chi connectivity index (χ4n) is 1.86. The zero-order valence-electron chi connectivity index (χ0n) is 10.3. The minimum absolute atomic E-state index is 0.184. The summed E-state index contributed by atoms with van der Waals surface area (Å²) < 4.78 is 10.5. The Labute approximate surface area is 102 Å². The average molecular weight is 234 g/mol. The van der Waals surface area contributed by atoms with E-state index in [0.717, 1.165) is 30.6 Å². The average Bonchev–Trinajstić information content (AvgIpc) is 3.14. The highest BCUT2D eigenvalue weighted by Gasteiger charge is 2.24. The third kappa shape index (κ3) is 2.99. The van der Waals surface area contributed by atoms with E-state index in [4.69, 9.17) is 9.47 Å². The predicted molar refractivity (Wildman–Crippen MR) is 65.1 cm³/mol. The maximum absolute atomic E-state index is 11.6. The first kappa shape index (κ1) is 12.0. The largest absolute Gasteiger partial charge is 0.490 e. The molecule has 1 aliphatic rings. The monoisotopic (exact) mass is 234 g/mol. The van der Waals surface area contributed by atoms with Crippen molar-refractivity contribution < 1.29 is 14.3 Å². The van der Waals surface area contributed by atoms with Crippen molar-refractivity contribution in [2.75, 3.05) is 7.11 Å². The lowest BCUT2D eigenvalue weighted by Gasteiger charge is -2.14. The van der Waals surface area contributed by atoms with Crippen LogP contribution in [-0.2, 0) is 9.53 Å². The summed E-state index contributed by atoms with van der Waals surface area (Å²) in [7, 11) is 1.43. The molecule has 1 aromatic rings. The maximum atomic E-state index is 11.6. The molecule has 0 spiro atoms. The number of methoxy groups -OCH3 is 1. The molecule has 0 bridgehead atoms. The molecule has 1 fully saturated rings. The maximum Gasteiger partial charge on any atom is 0.313 e. The van der Waals surface area contributed by atoms with Gasteiger partial charge in [0, 0.05) is 0 Å². The van der Waals surface area contributed by atoms with Gasteiger partial charge in [-0.3, -0.25) is 4.79 Å². The minimum Gasteiger partial charge on any atom is -0.490 e. The van der Waals surface area contributed by atoms with Gasteiger partial charge in [0.25, 0.3) is 0 Å². The normalized spacial score (nSPS) is 16.4. The highest BCUT2D eigenvalue weighted by Crippen LogP contribution is 2.29. The Morgan fingerprint density at radius 1 is 1.47 bits per heavy atom. The topological polar surface area (TPSA) is 35.5 Å². The Hall–Kier alpha value is -1.51. The standard InChI is InChI=1S/C14H18O3/c1-3-13(14(15)16-2)10-5-4-6-12(9-10)17-11-7-8-11/h4-6,9,11,13H,3,7-8H2,1-2H3. The van der Waals surface area contributed by atoms with Crippen LogP contribution in [0.4, 0.5) is 0 Å². The fourth-order valence-corrected chi connectivity index (χ4v) is 1.86. The third-order valence-electron chi connectivity index (χ3n) is 2.98. The van der Waals surface area contributed by atoms with E-state index in [1.165, 1.54) is 7.11 Å². The molecular formula is C14H18O3. The summed E-state index contributed by atoms with van der Waals surface area (Å²) in [6.45, 7) is 1.98. The Morgan fingerprint density at radius 3 is 2.82 bits per heavy atom. The summed E-state index contributed by atoms with van der Waals surface area (Å²) in [6, 6.07) is 7.76. The quantitative estimate of drug-likeness (QED) is 0.735. The van der Waals surface area contributed by atoms with Gasteiger partial charge in [-0.25, -0.2) is 0 Å². The fraction of sp³-hybridized carbons (Fsp3) is 0.500. The van der Waals surface area contributed by atoms with Crippen molar-refractivity contribution in [3.8, 4) is 5.75 Å². The van der Waals surface area contributed by atoms with E-state index in [-0.39, 0.29) is 11.9 Å². The number of carbonyl (C=O) groups is 1. The number of esters is 1. The molecule has 0 aliphatic heterocycles. The van der Waals surface area contributed by atoms with E-state index in [1.807, 2.05) is 31.2 Å². The lowest BCUT2D eigenvalue weighted by molar-refractivity contribution is -0.142. The number of hydrogen-bond donors (Lipinski definition) is 0.